The number of carbonyl (C=O) groups is 2. The smallest absolute Gasteiger partial charge is 0.152 e. The minimum atomic E-state index is -0.00200. The Morgan fingerprint density at radius 3 is 1.06 bits per heavy atom. The van der Waals surface area contributed by atoms with Crippen LogP contribution < -0.4 is 44.2 Å². The molecule has 0 aliphatic carbocycles. The summed E-state index contributed by atoms with van der Waals surface area (Å²) in [6.45, 7) is 52.7. The SMILES string of the molecule is C.C=C(N)NCCCC(CC(C)C)CC(C)C.C=C(N)NCCC[C@@H](C(=O)C(C)C)N(C)C(C)C.C=C(N)NCCC[C@@H](CC(C)C)N(C)C(C)C.C=C(N)NCCC[C@H](CC(C)C)C(=O)C(C)C. The summed E-state index contributed by atoms with van der Waals surface area (Å²) in [4.78, 5) is 28.9. The number of nitrogens with zero attached hydrogens (tertiary/aromatic N) is 2. The van der Waals surface area contributed by atoms with Crippen LogP contribution in [0.1, 0.15) is 195 Å². The highest BCUT2D eigenvalue weighted by molar-refractivity contribution is 5.85. The molecule has 0 fully saturated rings. The van der Waals surface area contributed by atoms with E-state index in [0.29, 0.717) is 58.9 Å². The van der Waals surface area contributed by atoms with Crippen molar-refractivity contribution in [3.8, 4) is 0 Å². The molecule has 0 aliphatic heterocycles. The molecule has 0 radical (unpaired) electrons. The van der Waals surface area contributed by atoms with Crippen LogP contribution in [0.3, 0.4) is 0 Å². The van der Waals surface area contributed by atoms with Crippen molar-refractivity contribution in [3.63, 3.8) is 0 Å². The summed E-state index contributed by atoms with van der Waals surface area (Å²) in [6.07, 6.45) is 13.5. The van der Waals surface area contributed by atoms with E-state index in [0.717, 1.165) is 88.4 Å². The molecular formula is C57H122N10O2. The van der Waals surface area contributed by atoms with Crippen molar-refractivity contribution < 1.29 is 9.59 Å². The molecule has 12 N–H and O–H groups in total. The Hall–Kier alpha value is -3.38. The number of rotatable bonds is 36. The first-order valence-electron chi connectivity index (χ1n) is 26.6. The third kappa shape index (κ3) is 48.0. The summed E-state index contributed by atoms with van der Waals surface area (Å²) in [5.74, 6) is 7.07. The van der Waals surface area contributed by atoms with Crippen LogP contribution in [0.25, 0.3) is 0 Å². The topological polar surface area (TPSA) is 193 Å². The van der Waals surface area contributed by atoms with Gasteiger partial charge in [-0.2, -0.15) is 0 Å². The second kappa shape index (κ2) is 44.6. The van der Waals surface area contributed by atoms with Gasteiger partial charge in [0.2, 0.25) is 0 Å². The normalized spacial score (nSPS) is 12.5. The quantitative estimate of drug-likeness (QED) is 0.0278. The number of nitrogens with two attached hydrogens (primary N) is 4. The fourth-order valence-corrected chi connectivity index (χ4v) is 8.19. The van der Waals surface area contributed by atoms with Crippen molar-refractivity contribution in [2.45, 2.75) is 219 Å². The van der Waals surface area contributed by atoms with Gasteiger partial charge in [-0.15, -0.1) is 0 Å². The van der Waals surface area contributed by atoms with Crippen LogP contribution in [0.5, 0.6) is 0 Å². The number of carbonyl (C=O) groups excluding carboxylic acids is 2. The number of hydrogen-bond acceptors (Lipinski definition) is 12. The van der Waals surface area contributed by atoms with E-state index in [1.165, 1.54) is 38.5 Å². The highest BCUT2D eigenvalue weighted by Crippen LogP contribution is 2.25. The fraction of sp³-hybridized carbons (Fsp3) is 0.825. The monoisotopic (exact) mass is 979 g/mol. The number of hydrogen-bond donors (Lipinski definition) is 8. The highest BCUT2D eigenvalue weighted by atomic mass is 16.1. The molecule has 0 saturated heterocycles. The summed E-state index contributed by atoms with van der Waals surface area (Å²) in [7, 11) is 4.25. The van der Waals surface area contributed by atoms with Gasteiger partial charge < -0.3 is 49.1 Å². The van der Waals surface area contributed by atoms with Gasteiger partial charge in [0.05, 0.1) is 29.3 Å². The van der Waals surface area contributed by atoms with E-state index in [4.69, 9.17) is 22.9 Å². The zero-order chi connectivity index (χ0) is 53.7. The fourth-order valence-electron chi connectivity index (χ4n) is 8.19. The van der Waals surface area contributed by atoms with Crippen LogP contribution in [0, 0.1) is 47.3 Å². The molecule has 0 rings (SSSR count). The van der Waals surface area contributed by atoms with Crippen molar-refractivity contribution in [2.24, 2.45) is 70.3 Å². The number of Topliss-reactive ketones (excluding diaryl/α,β-unsaturated/α-hetero) is 2. The average molecular weight is 980 g/mol. The first kappa shape index (κ1) is 74.6. The average Bonchev–Trinajstić information content (AvgIpc) is 3.20. The molecule has 412 valence electrons. The van der Waals surface area contributed by atoms with Gasteiger partial charge in [-0.3, -0.25) is 14.5 Å². The van der Waals surface area contributed by atoms with E-state index in [9.17, 15) is 9.59 Å². The van der Waals surface area contributed by atoms with E-state index >= 15 is 0 Å². The molecule has 0 aliphatic rings. The lowest BCUT2D eigenvalue weighted by Gasteiger charge is -2.32. The van der Waals surface area contributed by atoms with Crippen LogP contribution >= 0.6 is 0 Å². The molecule has 12 nitrogen and oxygen atoms in total. The van der Waals surface area contributed by atoms with E-state index in [-0.39, 0.29) is 31.2 Å². The zero-order valence-corrected chi connectivity index (χ0v) is 48.1. The Morgan fingerprint density at radius 2 is 0.754 bits per heavy atom. The highest BCUT2D eigenvalue weighted by Gasteiger charge is 2.26. The molecule has 0 aromatic carbocycles. The standard InChI is InChI=1S/C14H29N3O.C14H31N3.C14H28N2O.C14H30N2.CH4/c1-10(2)14(18)13(17(6)11(3)4)8-7-9-16-12(5)15;1-11(2)10-14(17(6)12(3)4)8-7-9-16-13(5)15;1-10(2)9-13(14(17)11(3)4)7-6-8-16-12(5)15;1-11(2)9-14(10-12(3)4)7-6-8-16-13(5)15;/h10-11,13,16H,5,7-9,15H2,1-4,6H3;11-12,14,16H,5,7-10,15H2,1-4,6H3;10-11,13,16H,5-9,15H2,1-4H3;11-12,14,16H,5-10,15H2,1-4H3;1H4/t13-;14-;13-;;/m001../s1. The van der Waals surface area contributed by atoms with Crippen LogP contribution in [-0.2, 0) is 9.59 Å². The number of ketones is 2. The van der Waals surface area contributed by atoms with Gasteiger partial charge in [0.25, 0.3) is 0 Å². The summed E-state index contributed by atoms with van der Waals surface area (Å²) in [5, 5.41) is 12.2. The molecular weight excluding hydrogens is 857 g/mol. The minimum Gasteiger partial charge on any atom is -0.386 e. The largest absolute Gasteiger partial charge is 0.386 e. The van der Waals surface area contributed by atoms with E-state index in [1.807, 2.05) is 34.7 Å². The van der Waals surface area contributed by atoms with Crippen LogP contribution in [0.15, 0.2) is 49.6 Å². The second-order valence-corrected chi connectivity index (χ2v) is 22.3. The van der Waals surface area contributed by atoms with Gasteiger partial charge in [0.1, 0.15) is 5.78 Å². The molecule has 12 heteroatoms. The lowest BCUT2D eigenvalue weighted by atomic mass is 9.85. The summed E-state index contributed by atoms with van der Waals surface area (Å²) >= 11 is 0. The minimum absolute atomic E-state index is 0. The van der Waals surface area contributed by atoms with Crippen molar-refractivity contribution >= 4 is 11.6 Å². The van der Waals surface area contributed by atoms with E-state index in [2.05, 4.69) is 148 Å². The lowest BCUT2D eigenvalue weighted by molar-refractivity contribution is -0.128. The Balaban J connectivity index is -0.000000263. The predicted octanol–water partition coefficient (Wildman–Crippen LogP) is 11.1. The molecule has 0 spiro atoms. The maximum absolute atomic E-state index is 12.2. The van der Waals surface area contributed by atoms with Crippen molar-refractivity contribution in [3.05, 3.63) is 49.6 Å². The van der Waals surface area contributed by atoms with Gasteiger partial charge in [-0.05, 0) is 148 Å². The Kier molecular flexibility index (Phi) is 48.1. The molecule has 0 saturated carbocycles. The third-order valence-corrected chi connectivity index (χ3v) is 12.0. The maximum atomic E-state index is 12.2. The first-order chi connectivity index (χ1) is 31.4. The van der Waals surface area contributed by atoms with Crippen LogP contribution in [0.4, 0.5) is 0 Å². The predicted molar refractivity (Wildman–Crippen MR) is 307 cm³/mol. The Morgan fingerprint density at radius 1 is 0.435 bits per heavy atom. The molecule has 0 aromatic heterocycles. The van der Waals surface area contributed by atoms with Crippen LogP contribution in [0.2, 0.25) is 0 Å². The molecule has 0 amide bonds. The van der Waals surface area contributed by atoms with Crippen molar-refractivity contribution in [1.29, 1.82) is 0 Å². The van der Waals surface area contributed by atoms with Crippen molar-refractivity contribution in [1.82, 2.24) is 31.1 Å². The van der Waals surface area contributed by atoms with Gasteiger partial charge in [0, 0.05) is 62.1 Å². The molecule has 69 heavy (non-hydrogen) atoms. The number of nitrogens with one attached hydrogen (secondary N) is 4. The molecule has 3 atom stereocenters. The van der Waals surface area contributed by atoms with Crippen LogP contribution in [-0.4, -0.2) is 85.8 Å². The lowest BCUT2D eigenvalue weighted by Crippen LogP contribution is -2.44. The van der Waals surface area contributed by atoms with E-state index < -0.39 is 0 Å². The first-order valence-corrected chi connectivity index (χ1v) is 26.6. The van der Waals surface area contributed by atoms with Gasteiger partial charge in [-0.25, -0.2) is 0 Å². The maximum Gasteiger partial charge on any atom is 0.152 e. The number of likely N-dealkylation sites (N-methyl/N-ethyl adjacent to an activating group) is 1. The molecule has 0 heterocycles. The zero-order valence-electron chi connectivity index (χ0n) is 48.1. The molecule has 0 unspecified atom stereocenters. The van der Waals surface area contributed by atoms with Gasteiger partial charge in [-0.1, -0.05) is 117 Å². The molecule has 0 aromatic rings. The Bertz CT molecular complexity index is 1300. The Labute approximate surface area is 430 Å². The molecule has 0 bridgehead atoms. The van der Waals surface area contributed by atoms with Gasteiger partial charge in [0.15, 0.2) is 5.78 Å². The van der Waals surface area contributed by atoms with E-state index in [1.54, 1.807) is 0 Å². The second-order valence-electron chi connectivity index (χ2n) is 22.3. The van der Waals surface area contributed by atoms with Crippen molar-refractivity contribution in [2.75, 3.05) is 40.3 Å². The summed E-state index contributed by atoms with van der Waals surface area (Å²) < 4.78 is 0. The third-order valence-electron chi connectivity index (χ3n) is 12.0. The summed E-state index contributed by atoms with van der Waals surface area (Å²) in [6, 6.07) is 1.65. The summed E-state index contributed by atoms with van der Waals surface area (Å²) in [5.41, 5.74) is 21.8. The van der Waals surface area contributed by atoms with Gasteiger partial charge >= 0.3 is 0 Å².